The molecular weight excluding hydrogens is 508 g/mol. The number of hydrogen-bond acceptors (Lipinski definition) is 5. The van der Waals surface area contributed by atoms with Crippen molar-refractivity contribution in [3.63, 3.8) is 0 Å². The predicted octanol–water partition coefficient (Wildman–Crippen LogP) is 3.12. The molecule has 0 bridgehead atoms. The lowest BCUT2D eigenvalue weighted by molar-refractivity contribution is -0.116. The number of amides is 2. The Balaban J connectivity index is 1.36. The van der Waals surface area contributed by atoms with Crippen molar-refractivity contribution in [2.75, 3.05) is 5.32 Å². The van der Waals surface area contributed by atoms with Gasteiger partial charge in [-0.05, 0) is 49.2 Å². The fourth-order valence-electron chi connectivity index (χ4n) is 4.41. The number of H-pyrrole nitrogens is 1. The zero-order valence-corrected chi connectivity index (χ0v) is 22.1. The maximum absolute atomic E-state index is 13.5. The Hall–Kier alpha value is -5.25. The molecule has 0 saturated heterocycles. The molecule has 2 amide bonds. The summed E-state index contributed by atoms with van der Waals surface area (Å²) in [6.45, 7) is 3.89. The number of aromatic nitrogens is 4. The van der Waals surface area contributed by atoms with Gasteiger partial charge in [-0.1, -0.05) is 54.1 Å². The van der Waals surface area contributed by atoms with Crippen molar-refractivity contribution in [1.82, 2.24) is 24.6 Å². The van der Waals surface area contributed by atoms with Gasteiger partial charge in [-0.25, -0.2) is 4.79 Å². The molecule has 0 atom stereocenters. The van der Waals surface area contributed by atoms with E-state index in [1.807, 2.05) is 31.2 Å². The minimum absolute atomic E-state index is 0.0199. The Labute approximate surface area is 229 Å². The van der Waals surface area contributed by atoms with Crippen LogP contribution in [0.4, 0.5) is 5.82 Å². The average Bonchev–Trinajstić information content (AvgIpc) is 3.37. The van der Waals surface area contributed by atoms with Crippen LogP contribution in [0.1, 0.15) is 32.7 Å². The number of carbonyl (C=O) groups is 2. The fourth-order valence-corrected chi connectivity index (χ4v) is 4.41. The summed E-state index contributed by atoms with van der Waals surface area (Å²) in [5, 5.41) is 12.6. The maximum atomic E-state index is 13.5. The molecule has 0 aliphatic rings. The van der Waals surface area contributed by atoms with E-state index in [-0.39, 0.29) is 19.0 Å². The Morgan fingerprint density at radius 2 is 1.57 bits per heavy atom. The van der Waals surface area contributed by atoms with Crippen LogP contribution in [0.3, 0.4) is 0 Å². The fraction of sp³-hybridized carbons (Fsp3) is 0.167. The number of para-hydroxylation sites is 1. The van der Waals surface area contributed by atoms with Gasteiger partial charge in [0.1, 0.15) is 6.54 Å². The van der Waals surface area contributed by atoms with E-state index in [1.165, 1.54) is 4.57 Å². The minimum atomic E-state index is -0.614. The monoisotopic (exact) mass is 536 g/mol. The molecule has 10 heteroatoms. The maximum Gasteiger partial charge on any atom is 0.332 e. The number of benzene rings is 3. The van der Waals surface area contributed by atoms with Crippen molar-refractivity contribution in [2.24, 2.45) is 0 Å². The second kappa shape index (κ2) is 11.2. The van der Waals surface area contributed by atoms with Gasteiger partial charge in [0.25, 0.3) is 11.5 Å². The molecule has 0 aliphatic carbocycles. The highest BCUT2D eigenvalue weighted by Gasteiger charge is 2.16. The minimum Gasteiger partial charge on any atom is -0.348 e. The van der Waals surface area contributed by atoms with E-state index in [0.717, 1.165) is 21.4 Å². The molecule has 10 nitrogen and oxygen atoms in total. The lowest BCUT2D eigenvalue weighted by atomic mass is 10.1. The molecule has 0 aliphatic heterocycles. The number of carbonyl (C=O) groups excluding carboxylic acids is 2. The van der Waals surface area contributed by atoms with Crippen LogP contribution in [0.2, 0.25) is 0 Å². The average molecular weight is 537 g/mol. The van der Waals surface area contributed by atoms with Gasteiger partial charge in [-0.2, -0.15) is 5.10 Å². The smallest absolute Gasteiger partial charge is 0.332 e. The quantitative estimate of drug-likeness (QED) is 0.281. The van der Waals surface area contributed by atoms with Crippen molar-refractivity contribution < 1.29 is 9.59 Å². The largest absolute Gasteiger partial charge is 0.348 e. The number of rotatable bonds is 8. The second-order valence-electron chi connectivity index (χ2n) is 9.63. The molecule has 5 aromatic rings. The number of nitrogens with one attached hydrogen (secondary N) is 3. The highest BCUT2D eigenvalue weighted by atomic mass is 16.2. The number of aromatic amines is 1. The van der Waals surface area contributed by atoms with Gasteiger partial charge in [-0.3, -0.25) is 28.6 Å². The first kappa shape index (κ1) is 26.4. The van der Waals surface area contributed by atoms with Crippen molar-refractivity contribution in [3.8, 4) is 0 Å². The van der Waals surface area contributed by atoms with Gasteiger partial charge in [0, 0.05) is 23.9 Å². The SMILES string of the molecule is Cc1ccc(CNC(=O)c2ccc(Cn3c(=O)c4ccccc4n(CC(=O)Nc4cc(C)[nH]n4)c3=O)cc2)cc1. The Kier molecular flexibility index (Phi) is 7.41. The van der Waals surface area contributed by atoms with E-state index < -0.39 is 17.2 Å². The van der Waals surface area contributed by atoms with Gasteiger partial charge in [0.2, 0.25) is 5.91 Å². The molecule has 202 valence electrons. The Morgan fingerprint density at radius 3 is 2.27 bits per heavy atom. The first-order valence-electron chi connectivity index (χ1n) is 12.8. The van der Waals surface area contributed by atoms with Crippen LogP contribution in [0, 0.1) is 13.8 Å². The summed E-state index contributed by atoms with van der Waals surface area (Å²) in [5.41, 5.74) is 3.34. The van der Waals surface area contributed by atoms with E-state index in [2.05, 4.69) is 20.8 Å². The van der Waals surface area contributed by atoms with Crippen molar-refractivity contribution >= 4 is 28.5 Å². The van der Waals surface area contributed by atoms with Gasteiger partial charge in [0.05, 0.1) is 17.4 Å². The zero-order valence-electron chi connectivity index (χ0n) is 22.1. The van der Waals surface area contributed by atoms with Crippen molar-refractivity contribution in [2.45, 2.75) is 33.5 Å². The molecule has 3 N–H and O–H groups in total. The van der Waals surface area contributed by atoms with Crippen LogP contribution in [0.5, 0.6) is 0 Å². The highest BCUT2D eigenvalue weighted by molar-refractivity contribution is 5.94. The molecule has 0 saturated carbocycles. The Bertz CT molecular complexity index is 1810. The third-order valence-electron chi connectivity index (χ3n) is 6.54. The van der Waals surface area contributed by atoms with Crippen LogP contribution in [0.25, 0.3) is 10.9 Å². The summed E-state index contributed by atoms with van der Waals surface area (Å²) < 4.78 is 2.37. The lowest BCUT2D eigenvalue weighted by Crippen LogP contribution is -2.42. The van der Waals surface area contributed by atoms with E-state index in [4.69, 9.17) is 0 Å². The number of aryl methyl sites for hydroxylation is 2. The summed E-state index contributed by atoms with van der Waals surface area (Å²) in [6, 6.07) is 23.0. The van der Waals surface area contributed by atoms with E-state index >= 15 is 0 Å². The van der Waals surface area contributed by atoms with E-state index in [1.54, 1.807) is 61.5 Å². The number of anilines is 1. The molecule has 0 unspecified atom stereocenters. The summed E-state index contributed by atoms with van der Waals surface area (Å²) in [4.78, 5) is 52.1. The molecule has 3 aromatic carbocycles. The van der Waals surface area contributed by atoms with E-state index in [0.29, 0.717) is 34.4 Å². The van der Waals surface area contributed by atoms with Crippen LogP contribution >= 0.6 is 0 Å². The van der Waals surface area contributed by atoms with Gasteiger partial charge >= 0.3 is 5.69 Å². The van der Waals surface area contributed by atoms with Crippen molar-refractivity contribution in [3.05, 3.63) is 128 Å². The summed E-state index contributed by atoms with van der Waals surface area (Å²) in [7, 11) is 0. The second-order valence-corrected chi connectivity index (χ2v) is 9.63. The number of fused-ring (bicyclic) bond motifs is 1. The van der Waals surface area contributed by atoms with E-state index in [9.17, 15) is 19.2 Å². The van der Waals surface area contributed by atoms with Crippen LogP contribution < -0.4 is 21.9 Å². The van der Waals surface area contributed by atoms with Crippen LogP contribution in [0.15, 0.2) is 88.5 Å². The molecule has 5 rings (SSSR count). The molecule has 0 spiro atoms. The van der Waals surface area contributed by atoms with Gasteiger partial charge in [0.15, 0.2) is 5.82 Å². The molecule has 0 radical (unpaired) electrons. The normalized spacial score (nSPS) is 10.9. The summed E-state index contributed by atoms with van der Waals surface area (Å²) in [6.07, 6.45) is 0. The highest BCUT2D eigenvalue weighted by Crippen LogP contribution is 2.11. The predicted molar refractivity (Wildman–Crippen MR) is 152 cm³/mol. The summed E-state index contributed by atoms with van der Waals surface area (Å²) >= 11 is 0. The summed E-state index contributed by atoms with van der Waals surface area (Å²) in [5.74, 6) is -0.336. The first-order valence-corrected chi connectivity index (χ1v) is 12.8. The standard InChI is InChI=1S/C30H28N6O4/c1-19-7-9-21(10-8-19)16-31-28(38)23-13-11-22(12-14-23)17-36-29(39)24-5-3-4-6-25(24)35(30(36)40)18-27(37)32-26-15-20(2)33-34-26/h3-15H,16-18H2,1-2H3,(H,31,38)(H2,32,33,34,37). The molecule has 2 aromatic heterocycles. The lowest BCUT2D eigenvalue weighted by Gasteiger charge is -2.14. The number of nitrogens with zero attached hydrogens (tertiary/aromatic N) is 3. The molecule has 0 fully saturated rings. The molecular formula is C30H28N6O4. The molecule has 40 heavy (non-hydrogen) atoms. The number of hydrogen-bond donors (Lipinski definition) is 3. The molecule has 2 heterocycles. The van der Waals surface area contributed by atoms with Gasteiger partial charge in [-0.15, -0.1) is 0 Å². The topological polar surface area (TPSA) is 131 Å². The third-order valence-corrected chi connectivity index (χ3v) is 6.54. The zero-order chi connectivity index (χ0) is 28.2. The Morgan fingerprint density at radius 1 is 0.875 bits per heavy atom. The van der Waals surface area contributed by atoms with Gasteiger partial charge < -0.3 is 10.6 Å². The van der Waals surface area contributed by atoms with Crippen molar-refractivity contribution in [1.29, 1.82) is 0 Å². The van der Waals surface area contributed by atoms with Crippen LogP contribution in [-0.4, -0.2) is 31.1 Å². The first-order chi connectivity index (χ1) is 19.3. The van der Waals surface area contributed by atoms with Crippen LogP contribution in [-0.2, 0) is 24.4 Å². The third kappa shape index (κ3) is 5.75.